The molecule has 4 rings (SSSR count). The van der Waals surface area contributed by atoms with Crippen molar-refractivity contribution in [3.63, 3.8) is 0 Å². The molecule has 0 bridgehead atoms. The van der Waals surface area contributed by atoms with Gasteiger partial charge in [0.1, 0.15) is 16.2 Å². The molecular formula is C22H27N3O5S. The van der Waals surface area contributed by atoms with Gasteiger partial charge in [-0.25, -0.2) is 13.2 Å². The molecule has 3 N–H and O–H groups in total. The van der Waals surface area contributed by atoms with E-state index in [9.17, 15) is 18.3 Å². The van der Waals surface area contributed by atoms with Crippen molar-refractivity contribution in [2.75, 3.05) is 43.8 Å². The SMILES string of the molecule is CN(C)CCCNc1ccccc1S(=O)(=O)Nc1ccc2c(c1C(=O)O)OC[C@@H]1C[C@H]21. The number of anilines is 2. The molecule has 1 aliphatic carbocycles. The Hall–Kier alpha value is -2.78. The van der Waals surface area contributed by atoms with E-state index in [4.69, 9.17) is 4.74 Å². The number of carboxylic acid groups (broad SMARTS) is 1. The minimum Gasteiger partial charge on any atom is -0.492 e. The maximum atomic E-state index is 13.2. The molecule has 1 heterocycles. The van der Waals surface area contributed by atoms with E-state index in [1.54, 1.807) is 24.3 Å². The fraction of sp³-hybridized carbons (Fsp3) is 0.409. The van der Waals surface area contributed by atoms with Crippen LogP contribution in [0.5, 0.6) is 5.75 Å². The molecule has 9 heteroatoms. The number of nitrogens with one attached hydrogen (secondary N) is 2. The van der Waals surface area contributed by atoms with Crippen LogP contribution < -0.4 is 14.8 Å². The number of sulfonamides is 1. The third-order valence-corrected chi connectivity index (χ3v) is 7.11. The molecule has 2 aliphatic rings. The maximum absolute atomic E-state index is 13.2. The molecule has 0 aromatic heterocycles. The van der Waals surface area contributed by atoms with Crippen molar-refractivity contribution in [3.05, 3.63) is 47.5 Å². The highest BCUT2D eigenvalue weighted by Gasteiger charge is 2.45. The predicted molar refractivity (Wildman–Crippen MR) is 119 cm³/mol. The molecule has 2 aromatic carbocycles. The van der Waals surface area contributed by atoms with Crippen LogP contribution in [0.4, 0.5) is 11.4 Å². The summed E-state index contributed by atoms with van der Waals surface area (Å²) in [4.78, 5) is 14.1. The highest BCUT2D eigenvalue weighted by Crippen LogP contribution is 2.55. The van der Waals surface area contributed by atoms with Crippen LogP contribution in [0.1, 0.15) is 34.7 Å². The molecule has 166 valence electrons. The molecule has 31 heavy (non-hydrogen) atoms. The van der Waals surface area contributed by atoms with E-state index in [0.29, 0.717) is 30.7 Å². The molecule has 0 amide bonds. The van der Waals surface area contributed by atoms with Crippen LogP contribution in [0, 0.1) is 5.92 Å². The number of carboxylic acids is 1. The number of carbonyl (C=O) groups is 1. The maximum Gasteiger partial charge on any atom is 0.341 e. The Labute approximate surface area is 182 Å². The fourth-order valence-electron chi connectivity index (χ4n) is 4.01. The van der Waals surface area contributed by atoms with Gasteiger partial charge in [-0.1, -0.05) is 18.2 Å². The first-order valence-corrected chi connectivity index (χ1v) is 11.8. The van der Waals surface area contributed by atoms with Gasteiger partial charge in [0.2, 0.25) is 0 Å². The van der Waals surface area contributed by atoms with Gasteiger partial charge in [0, 0.05) is 12.5 Å². The topological polar surface area (TPSA) is 108 Å². The second-order valence-corrected chi connectivity index (χ2v) is 9.96. The zero-order valence-electron chi connectivity index (χ0n) is 17.6. The van der Waals surface area contributed by atoms with E-state index in [0.717, 1.165) is 24.9 Å². The van der Waals surface area contributed by atoms with Gasteiger partial charge in [0.05, 0.1) is 18.0 Å². The van der Waals surface area contributed by atoms with Gasteiger partial charge < -0.3 is 20.1 Å². The van der Waals surface area contributed by atoms with E-state index in [1.807, 2.05) is 14.1 Å². The summed E-state index contributed by atoms with van der Waals surface area (Å²) < 4.78 is 34.6. The van der Waals surface area contributed by atoms with Gasteiger partial charge in [-0.3, -0.25) is 4.72 Å². The molecule has 0 spiro atoms. The van der Waals surface area contributed by atoms with Crippen LogP contribution in [0.15, 0.2) is 41.3 Å². The van der Waals surface area contributed by atoms with Crippen molar-refractivity contribution in [2.45, 2.75) is 23.7 Å². The van der Waals surface area contributed by atoms with Crippen LogP contribution in [0.2, 0.25) is 0 Å². The number of fused-ring (bicyclic) bond motifs is 3. The van der Waals surface area contributed by atoms with Crippen LogP contribution in [-0.4, -0.2) is 58.2 Å². The van der Waals surface area contributed by atoms with Gasteiger partial charge in [0.15, 0.2) is 0 Å². The average Bonchev–Trinajstić information content (AvgIpc) is 3.50. The molecule has 2 aromatic rings. The van der Waals surface area contributed by atoms with E-state index in [1.165, 1.54) is 12.1 Å². The third kappa shape index (κ3) is 4.47. The van der Waals surface area contributed by atoms with Crippen LogP contribution >= 0.6 is 0 Å². The van der Waals surface area contributed by atoms with Crippen LogP contribution in [0.25, 0.3) is 0 Å². The number of hydrogen-bond acceptors (Lipinski definition) is 6. The Morgan fingerprint density at radius 2 is 1.97 bits per heavy atom. The van der Waals surface area contributed by atoms with Gasteiger partial charge in [-0.05, 0) is 63.2 Å². The Morgan fingerprint density at radius 3 is 2.71 bits per heavy atom. The zero-order chi connectivity index (χ0) is 22.2. The molecule has 2 atom stereocenters. The minimum atomic E-state index is -4.02. The smallest absolute Gasteiger partial charge is 0.341 e. The largest absolute Gasteiger partial charge is 0.492 e. The number of aromatic carboxylic acids is 1. The monoisotopic (exact) mass is 445 g/mol. The van der Waals surface area contributed by atoms with Gasteiger partial charge in [-0.15, -0.1) is 0 Å². The molecular weight excluding hydrogens is 418 g/mol. The molecule has 0 radical (unpaired) electrons. The summed E-state index contributed by atoms with van der Waals surface area (Å²) in [6.45, 7) is 1.95. The van der Waals surface area contributed by atoms with E-state index < -0.39 is 16.0 Å². The number of rotatable bonds is 9. The third-order valence-electron chi connectivity index (χ3n) is 5.68. The van der Waals surface area contributed by atoms with Crippen molar-refractivity contribution >= 4 is 27.4 Å². The number of benzene rings is 2. The van der Waals surface area contributed by atoms with Gasteiger partial charge in [-0.2, -0.15) is 0 Å². The summed E-state index contributed by atoms with van der Waals surface area (Å²) in [5.74, 6) is -0.202. The predicted octanol–water partition coefficient (Wildman–Crippen LogP) is 3.05. The van der Waals surface area contributed by atoms with Crippen molar-refractivity contribution in [1.82, 2.24) is 4.90 Å². The Morgan fingerprint density at radius 1 is 1.19 bits per heavy atom. The Bertz CT molecular complexity index is 1100. The number of nitrogens with zero attached hydrogens (tertiary/aromatic N) is 1. The first-order chi connectivity index (χ1) is 14.8. The van der Waals surface area contributed by atoms with Crippen LogP contribution in [0.3, 0.4) is 0 Å². The molecule has 8 nitrogen and oxygen atoms in total. The van der Waals surface area contributed by atoms with Crippen molar-refractivity contribution in [1.29, 1.82) is 0 Å². The van der Waals surface area contributed by atoms with Gasteiger partial charge in [0.25, 0.3) is 10.0 Å². The molecule has 1 saturated carbocycles. The number of para-hydroxylation sites is 1. The summed E-state index contributed by atoms with van der Waals surface area (Å²) in [6.07, 6.45) is 1.83. The lowest BCUT2D eigenvalue weighted by Crippen LogP contribution is -2.20. The van der Waals surface area contributed by atoms with E-state index in [2.05, 4.69) is 14.9 Å². The Balaban J connectivity index is 1.61. The lowest BCUT2D eigenvalue weighted by molar-refractivity contribution is 0.0692. The molecule has 1 fully saturated rings. The van der Waals surface area contributed by atoms with Crippen molar-refractivity contribution in [3.8, 4) is 5.75 Å². The zero-order valence-corrected chi connectivity index (χ0v) is 18.4. The lowest BCUT2D eigenvalue weighted by atomic mass is 10.0. The quantitative estimate of drug-likeness (QED) is 0.509. The second kappa shape index (κ2) is 8.39. The standard InChI is InChI=1S/C22H27N3O5S/c1-25(2)11-5-10-23-17-6-3-4-7-19(17)31(28,29)24-18-9-8-15-16-12-14(16)13-30-21(15)20(18)22(26)27/h3-4,6-9,14,16,23-24H,5,10-13H2,1-2H3,(H,26,27)/t14-,16-/m0/s1. The first kappa shape index (κ1) is 21.5. The summed E-state index contributed by atoms with van der Waals surface area (Å²) in [7, 11) is -0.0645. The molecule has 0 unspecified atom stereocenters. The molecule has 0 saturated heterocycles. The summed E-state index contributed by atoms with van der Waals surface area (Å²) in [5, 5.41) is 13.0. The normalized spacial score (nSPS) is 19.2. The van der Waals surface area contributed by atoms with E-state index >= 15 is 0 Å². The second-order valence-electron chi connectivity index (χ2n) is 8.31. The minimum absolute atomic E-state index is 0.00719. The fourth-order valence-corrected chi connectivity index (χ4v) is 5.27. The average molecular weight is 446 g/mol. The first-order valence-electron chi connectivity index (χ1n) is 10.3. The number of ether oxygens (including phenoxy) is 1. The lowest BCUT2D eigenvalue weighted by Gasteiger charge is -2.21. The highest BCUT2D eigenvalue weighted by atomic mass is 32.2. The van der Waals surface area contributed by atoms with Crippen molar-refractivity contribution in [2.24, 2.45) is 5.92 Å². The van der Waals surface area contributed by atoms with Crippen LogP contribution in [-0.2, 0) is 10.0 Å². The highest BCUT2D eigenvalue weighted by molar-refractivity contribution is 7.92. The van der Waals surface area contributed by atoms with E-state index in [-0.39, 0.29) is 21.9 Å². The number of hydrogen-bond donors (Lipinski definition) is 3. The van der Waals surface area contributed by atoms with Crippen molar-refractivity contribution < 1.29 is 23.1 Å². The summed E-state index contributed by atoms with van der Waals surface area (Å²) in [5.41, 5.74) is 1.19. The Kier molecular flexibility index (Phi) is 5.81. The molecule has 1 aliphatic heterocycles. The van der Waals surface area contributed by atoms with Gasteiger partial charge >= 0.3 is 5.97 Å². The summed E-state index contributed by atoms with van der Waals surface area (Å²) in [6, 6.07) is 9.90. The summed E-state index contributed by atoms with van der Waals surface area (Å²) >= 11 is 0.